The van der Waals surface area contributed by atoms with Gasteiger partial charge in [-0.2, -0.15) is 0 Å². The highest BCUT2D eigenvalue weighted by Gasteiger charge is 2.51. The van der Waals surface area contributed by atoms with Gasteiger partial charge in [0.1, 0.15) is 11.7 Å². The number of anilines is 2. The van der Waals surface area contributed by atoms with Crippen LogP contribution in [-0.2, 0) is 14.4 Å². The van der Waals surface area contributed by atoms with Crippen molar-refractivity contribution in [3.05, 3.63) is 60.7 Å². The first-order chi connectivity index (χ1) is 13.2. The maximum Gasteiger partial charge on any atom is 0.246 e. The van der Waals surface area contributed by atoms with Crippen molar-refractivity contribution in [2.45, 2.75) is 27.2 Å². The molecule has 0 spiro atoms. The van der Waals surface area contributed by atoms with Crippen molar-refractivity contribution in [3.8, 4) is 0 Å². The molecule has 2 aromatic rings. The lowest BCUT2D eigenvalue weighted by molar-refractivity contribution is -0.138. The second-order valence-electron chi connectivity index (χ2n) is 7.60. The van der Waals surface area contributed by atoms with Gasteiger partial charge in [0.05, 0.1) is 11.4 Å². The number of carbonyl (C=O) groups excluding carboxylic acids is 3. The van der Waals surface area contributed by atoms with E-state index in [1.165, 1.54) is 16.7 Å². The number of Topliss-reactive ketones (excluding diaryl/α,β-unsaturated/α-hetero) is 1. The third-order valence-electron chi connectivity index (χ3n) is 4.83. The van der Waals surface area contributed by atoms with Crippen LogP contribution in [0.1, 0.15) is 27.2 Å². The molecule has 28 heavy (non-hydrogen) atoms. The minimum atomic E-state index is -1.02. The van der Waals surface area contributed by atoms with Crippen LogP contribution in [0.25, 0.3) is 0 Å². The van der Waals surface area contributed by atoms with Gasteiger partial charge in [-0.25, -0.2) is 0 Å². The Balaban J connectivity index is 2.15. The van der Waals surface area contributed by atoms with E-state index in [2.05, 4.69) is 0 Å². The van der Waals surface area contributed by atoms with Gasteiger partial charge in [-0.15, -0.1) is 0 Å². The summed E-state index contributed by atoms with van der Waals surface area (Å²) >= 11 is 5.57. The van der Waals surface area contributed by atoms with Crippen LogP contribution in [-0.4, -0.2) is 22.7 Å². The number of hydrogen-bond donors (Lipinski definition) is 0. The summed E-state index contributed by atoms with van der Waals surface area (Å²) in [6, 6.07) is 18.0. The number of rotatable bonds is 5. The predicted octanol–water partition coefficient (Wildman–Crippen LogP) is 3.97. The van der Waals surface area contributed by atoms with Crippen LogP contribution in [0, 0.1) is 11.3 Å². The van der Waals surface area contributed by atoms with Crippen LogP contribution < -0.4 is 9.80 Å². The first kappa shape index (κ1) is 19.9. The molecule has 2 aromatic carbocycles. The number of amides is 2. The van der Waals surface area contributed by atoms with Crippen molar-refractivity contribution in [2.24, 2.45) is 11.3 Å². The fourth-order valence-electron chi connectivity index (χ4n) is 3.69. The molecule has 2 amide bonds. The molecule has 0 saturated carbocycles. The molecular weight excluding hydrogens is 372 g/mol. The Morgan fingerprint density at radius 1 is 0.893 bits per heavy atom. The van der Waals surface area contributed by atoms with E-state index in [1.807, 2.05) is 36.4 Å². The summed E-state index contributed by atoms with van der Waals surface area (Å²) in [7, 11) is 0. The number of benzene rings is 2. The van der Waals surface area contributed by atoms with Crippen LogP contribution in [0.15, 0.2) is 60.7 Å². The Morgan fingerprint density at radius 3 is 1.64 bits per heavy atom. The maximum atomic E-state index is 13.4. The standard InChI is InChI=1S/C22H22N2O3S/c1-15(25)14-22(2,3)18-19(26)23(16-10-6-4-7-11-16)21(28)24(20(18)27)17-12-8-5-9-13-17/h4-13,18H,14H2,1-3H3. The van der Waals surface area contributed by atoms with Crippen LogP contribution in [0.2, 0.25) is 0 Å². The Kier molecular flexibility index (Phi) is 5.42. The summed E-state index contributed by atoms with van der Waals surface area (Å²) in [5.41, 5.74) is 0.333. The number of carbonyl (C=O) groups is 3. The Bertz CT molecular complexity index is 864. The van der Waals surface area contributed by atoms with Gasteiger partial charge in [0.25, 0.3) is 0 Å². The lowest BCUT2D eigenvalue weighted by atomic mass is 9.73. The van der Waals surface area contributed by atoms with Gasteiger partial charge >= 0.3 is 0 Å². The third-order valence-corrected chi connectivity index (χ3v) is 5.20. The Hall–Kier alpha value is -2.86. The van der Waals surface area contributed by atoms with Gasteiger partial charge in [0.15, 0.2) is 5.11 Å². The van der Waals surface area contributed by atoms with Crippen LogP contribution in [0.5, 0.6) is 0 Å². The lowest BCUT2D eigenvalue weighted by Gasteiger charge is -2.44. The predicted molar refractivity (Wildman–Crippen MR) is 113 cm³/mol. The number of thiocarbonyl (C=S) groups is 1. The number of nitrogens with zero attached hydrogens (tertiary/aromatic N) is 2. The average molecular weight is 394 g/mol. The normalized spacial score (nSPS) is 15.9. The van der Waals surface area contributed by atoms with Gasteiger partial charge in [-0.3, -0.25) is 19.4 Å². The van der Waals surface area contributed by atoms with Crippen molar-refractivity contribution < 1.29 is 14.4 Å². The first-order valence-corrected chi connectivity index (χ1v) is 9.46. The smallest absolute Gasteiger partial charge is 0.246 e. The molecule has 0 radical (unpaired) electrons. The van der Waals surface area contributed by atoms with E-state index in [9.17, 15) is 14.4 Å². The van der Waals surface area contributed by atoms with Gasteiger partial charge in [-0.05, 0) is 48.8 Å². The minimum Gasteiger partial charge on any atom is -0.300 e. The minimum absolute atomic E-state index is 0.0729. The lowest BCUT2D eigenvalue weighted by Crippen LogP contribution is -2.63. The van der Waals surface area contributed by atoms with Crippen LogP contribution >= 0.6 is 12.2 Å². The molecule has 0 aliphatic carbocycles. The van der Waals surface area contributed by atoms with Crippen molar-refractivity contribution >= 4 is 46.3 Å². The first-order valence-electron chi connectivity index (χ1n) is 9.05. The SMILES string of the molecule is CC(=O)CC(C)(C)C1C(=O)N(c2ccccc2)C(=S)N(c2ccccc2)C1=O. The Labute approximate surface area is 169 Å². The zero-order valence-electron chi connectivity index (χ0n) is 16.1. The zero-order chi connectivity index (χ0) is 20.5. The second kappa shape index (κ2) is 7.64. The maximum absolute atomic E-state index is 13.4. The van der Waals surface area contributed by atoms with Crippen molar-refractivity contribution in [3.63, 3.8) is 0 Å². The highest BCUT2D eigenvalue weighted by molar-refractivity contribution is 7.81. The quantitative estimate of drug-likeness (QED) is 0.569. The van der Waals surface area contributed by atoms with Gasteiger partial charge in [0, 0.05) is 6.42 Å². The molecule has 0 unspecified atom stereocenters. The largest absolute Gasteiger partial charge is 0.300 e. The van der Waals surface area contributed by atoms with E-state index in [4.69, 9.17) is 12.2 Å². The van der Waals surface area contributed by atoms with E-state index in [-0.39, 0.29) is 17.3 Å². The molecule has 1 fully saturated rings. The van der Waals surface area contributed by atoms with Crippen molar-refractivity contribution in [1.29, 1.82) is 0 Å². The van der Waals surface area contributed by atoms with E-state index >= 15 is 0 Å². The van der Waals surface area contributed by atoms with Crippen LogP contribution in [0.4, 0.5) is 11.4 Å². The summed E-state index contributed by atoms with van der Waals surface area (Å²) in [5, 5.41) is 0.113. The molecule has 144 valence electrons. The molecule has 5 nitrogen and oxygen atoms in total. The Morgan fingerprint density at radius 2 is 1.29 bits per heavy atom. The van der Waals surface area contributed by atoms with E-state index in [1.54, 1.807) is 38.1 Å². The molecular formula is C22H22N2O3S. The number of ketones is 1. The molecule has 0 bridgehead atoms. The van der Waals surface area contributed by atoms with E-state index < -0.39 is 23.1 Å². The number of hydrogen-bond acceptors (Lipinski definition) is 4. The topological polar surface area (TPSA) is 57.7 Å². The van der Waals surface area contributed by atoms with Crippen molar-refractivity contribution in [1.82, 2.24) is 0 Å². The van der Waals surface area contributed by atoms with Crippen molar-refractivity contribution in [2.75, 3.05) is 9.80 Å². The molecule has 0 N–H and O–H groups in total. The van der Waals surface area contributed by atoms with Crippen LogP contribution in [0.3, 0.4) is 0 Å². The monoisotopic (exact) mass is 394 g/mol. The molecule has 1 aliphatic heterocycles. The highest BCUT2D eigenvalue weighted by atomic mass is 32.1. The molecule has 6 heteroatoms. The third kappa shape index (κ3) is 3.60. The molecule has 0 aromatic heterocycles. The molecule has 1 saturated heterocycles. The molecule has 0 atom stereocenters. The molecule has 1 heterocycles. The van der Waals surface area contributed by atoms with E-state index in [0.717, 1.165) is 0 Å². The van der Waals surface area contributed by atoms with Gasteiger partial charge in [-0.1, -0.05) is 50.2 Å². The second-order valence-corrected chi connectivity index (χ2v) is 7.97. The fourth-order valence-corrected chi connectivity index (χ4v) is 4.08. The summed E-state index contributed by atoms with van der Waals surface area (Å²) in [5.74, 6) is -1.90. The molecule has 1 aliphatic rings. The van der Waals surface area contributed by atoms with Gasteiger partial charge < -0.3 is 4.79 Å². The molecule has 3 rings (SSSR count). The van der Waals surface area contributed by atoms with E-state index in [0.29, 0.717) is 11.4 Å². The zero-order valence-corrected chi connectivity index (χ0v) is 16.9. The summed E-state index contributed by atoms with van der Waals surface area (Å²) in [6.45, 7) is 5.01. The fraction of sp³-hybridized carbons (Fsp3) is 0.273. The number of para-hydroxylation sites is 2. The van der Waals surface area contributed by atoms with Gasteiger partial charge in [0.2, 0.25) is 11.8 Å². The average Bonchev–Trinajstić information content (AvgIpc) is 2.62. The summed E-state index contributed by atoms with van der Waals surface area (Å²) in [4.78, 5) is 41.5. The highest BCUT2D eigenvalue weighted by Crippen LogP contribution is 2.39. The summed E-state index contributed by atoms with van der Waals surface area (Å²) < 4.78 is 0. The summed E-state index contributed by atoms with van der Waals surface area (Å²) in [6.07, 6.45) is 0.118.